The van der Waals surface area contributed by atoms with Gasteiger partial charge in [0.1, 0.15) is 60.1 Å². The Hall–Kier alpha value is -8.51. The first kappa shape index (κ1) is 82.8. The molecule has 4 aromatic carbocycles. The number of rotatable bonds is 19. The van der Waals surface area contributed by atoms with E-state index in [1.54, 1.807) is 62.4 Å². The zero-order valence-corrected chi connectivity index (χ0v) is 63.7. The lowest BCUT2D eigenvalue weighted by atomic mass is 9.84. The lowest BCUT2D eigenvalue weighted by Gasteiger charge is -2.33. The van der Waals surface area contributed by atoms with E-state index >= 15 is 0 Å². The van der Waals surface area contributed by atoms with Crippen LogP contribution < -0.4 is 47.1 Å². The number of carbonyl (C=O) groups excluding carboxylic acids is 8. The SMILES string of the molecule is CCC1(C)CNC(=O)[C@@H](Cc2ccc(OC)c(Cl)c2)NC(=O)/C=C/C[C@@H]([C@H](C)[C@H]2O[C@@H]2c2ccc(CN)cc2)OC(=O)[C@H](CC(C)(C)C)NC1=O.CCC1(C)CNC(=O)[C@@H](Cc2ccc(OC)c(Cl)c2)NC(=O)/C=C/C[C@@H]([C@H](C)[C@H]2O[C@@H]2c2ccc(CN=[N+]=[N-])cc2)OC(=O)[C@H](CC(C)(C)C)NC1=O. The van der Waals surface area contributed by atoms with E-state index in [1.807, 2.05) is 118 Å². The van der Waals surface area contributed by atoms with Crippen molar-refractivity contribution in [3.8, 4) is 11.5 Å². The monoisotopic (exact) mass is 1470 g/mol. The van der Waals surface area contributed by atoms with Crippen LogP contribution in [0.15, 0.2) is 114 Å². The number of nitrogens with zero attached hydrogens (tertiary/aromatic N) is 3. The van der Waals surface area contributed by atoms with Crippen molar-refractivity contribution in [3.63, 3.8) is 0 Å². The molecule has 104 heavy (non-hydrogen) atoms. The second-order valence-electron chi connectivity index (χ2n) is 30.4. The van der Waals surface area contributed by atoms with Gasteiger partial charge in [0.15, 0.2) is 0 Å². The standard InChI is InChI=1S/C39H51ClN6O7.C39H53ClN4O7/c1-8-39(6)22-42-35(48)28(19-25-14-17-31(51-7)27(40)18-25)44-32(47)11-9-10-30(52-36(49)29(45-37(39)50)20-38(3,4)5)23(2)33-34(53-33)26-15-12-24(13-16-26)21-43-46-41;1-8-39(6)22-42-35(46)28(19-25-14-17-31(49-7)27(40)18-25)43-32(45)11-9-10-30(50-36(47)29(44-37(39)48)20-38(3,4)5)23(2)33-34(51-33)26-15-12-24(21-41)13-16-26/h9,11-18,23,28-30,33-34H,8,10,19-22H2,1-7H3,(H,42,48)(H,44,47)(H,45,50);9,11-18,23,28-30,33-34H,8,10,19-22,41H2,1-7H3,(H,42,46)(H,43,45)(H,44,48)/b2*11-9+/t2*23-,28+,29-,30-,33+,34+,39?/m00/s1. The number of methoxy groups -OCH3 is 2. The molecule has 6 amide bonds. The molecule has 2 fully saturated rings. The van der Waals surface area contributed by atoms with E-state index in [9.17, 15) is 38.4 Å². The molecular formula is C78H104Cl2N10O14. The summed E-state index contributed by atoms with van der Waals surface area (Å²) in [5.41, 5.74) is 16.8. The zero-order chi connectivity index (χ0) is 76.4. The minimum atomic E-state index is -1.08. The smallest absolute Gasteiger partial charge is 0.328 e. The summed E-state index contributed by atoms with van der Waals surface area (Å²) in [5, 5.41) is 21.6. The molecule has 4 heterocycles. The van der Waals surface area contributed by atoms with Crippen molar-refractivity contribution in [3.05, 3.63) is 163 Å². The van der Waals surface area contributed by atoms with E-state index in [1.165, 1.54) is 26.4 Å². The Balaban J connectivity index is 0.000000291. The Morgan fingerprint density at radius 3 is 1.29 bits per heavy atom. The molecule has 0 aliphatic carbocycles. The number of nitrogens with one attached hydrogen (secondary N) is 6. The third kappa shape index (κ3) is 23.8. The summed E-state index contributed by atoms with van der Waals surface area (Å²) in [5.74, 6) is -3.49. The molecule has 24 nitrogen and oxygen atoms in total. The number of azide groups is 1. The van der Waals surface area contributed by atoms with Gasteiger partial charge >= 0.3 is 11.9 Å². The fraction of sp³-hybridized carbons (Fsp3) is 0.538. The van der Waals surface area contributed by atoms with Crippen molar-refractivity contribution < 1.29 is 66.8 Å². The number of cyclic esters (lactones) is 2. The lowest BCUT2D eigenvalue weighted by molar-refractivity contribution is -0.157. The molecule has 0 bridgehead atoms. The number of nitrogens with two attached hydrogens (primary N) is 1. The summed E-state index contributed by atoms with van der Waals surface area (Å²) >= 11 is 12.7. The van der Waals surface area contributed by atoms with Crippen LogP contribution in [0, 0.1) is 33.5 Å². The molecule has 4 aliphatic heterocycles. The van der Waals surface area contributed by atoms with Gasteiger partial charge in [0.05, 0.1) is 53.8 Å². The highest BCUT2D eigenvalue weighted by Crippen LogP contribution is 2.47. The van der Waals surface area contributed by atoms with Crippen LogP contribution >= 0.6 is 23.2 Å². The van der Waals surface area contributed by atoms with Crippen LogP contribution in [-0.4, -0.2) is 123 Å². The van der Waals surface area contributed by atoms with Crippen LogP contribution in [0.2, 0.25) is 10.0 Å². The first-order chi connectivity index (χ1) is 49.1. The summed E-state index contributed by atoms with van der Waals surface area (Å²) in [7, 11) is 3.02. The van der Waals surface area contributed by atoms with Crippen LogP contribution in [0.5, 0.6) is 11.5 Å². The first-order valence-corrected chi connectivity index (χ1v) is 36.3. The maximum absolute atomic E-state index is 14.0. The van der Waals surface area contributed by atoms with Crippen molar-refractivity contribution in [1.29, 1.82) is 0 Å². The molecule has 14 atom stereocenters. The van der Waals surface area contributed by atoms with E-state index in [2.05, 4.69) is 41.9 Å². The highest BCUT2D eigenvalue weighted by molar-refractivity contribution is 6.32. The molecule has 0 spiro atoms. The molecule has 0 aromatic heterocycles. The van der Waals surface area contributed by atoms with Gasteiger partial charge in [-0.3, -0.25) is 28.8 Å². The molecule has 564 valence electrons. The van der Waals surface area contributed by atoms with E-state index in [0.717, 1.165) is 22.3 Å². The normalized spacial score (nSPS) is 27.3. The van der Waals surface area contributed by atoms with Gasteiger partial charge in [-0.05, 0) is 126 Å². The summed E-state index contributed by atoms with van der Waals surface area (Å²) in [6.45, 7) is 23.5. The van der Waals surface area contributed by atoms with Gasteiger partial charge < -0.3 is 66.1 Å². The Morgan fingerprint density at radius 2 is 0.952 bits per heavy atom. The van der Waals surface area contributed by atoms with Crippen LogP contribution in [0.4, 0.5) is 0 Å². The van der Waals surface area contributed by atoms with E-state index in [0.29, 0.717) is 64.9 Å². The second-order valence-corrected chi connectivity index (χ2v) is 31.2. The van der Waals surface area contributed by atoms with E-state index in [4.69, 9.17) is 62.9 Å². The predicted octanol–water partition coefficient (Wildman–Crippen LogP) is 11.2. The highest BCUT2D eigenvalue weighted by Gasteiger charge is 2.50. The highest BCUT2D eigenvalue weighted by atomic mass is 35.5. The third-order valence-electron chi connectivity index (χ3n) is 19.6. The Morgan fingerprint density at radius 1 is 0.577 bits per heavy atom. The largest absolute Gasteiger partial charge is 0.495 e. The second kappa shape index (κ2) is 37.0. The summed E-state index contributed by atoms with van der Waals surface area (Å²) in [4.78, 5) is 112. The van der Waals surface area contributed by atoms with Crippen molar-refractivity contribution >= 4 is 70.6 Å². The molecule has 26 heteroatoms. The number of ether oxygens (including phenoxy) is 6. The number of hydrogen-bond donors (Lipinski definition) is 7. The van der Waals surface area contributed by atoms with Crippen LogP contribution in [0.25, 0.3) is 10.4 Å². The average molecular weight is 1480 g/mol. The molecule has 4 aromatic rings. The fourth-order valence-corrected chi connectivity index (χ4v) is 13.0. The lowest BCUT2D eigenvalue weighted by Crippen LogP contribution is -2.55. The maximum Gasteiger partial charge on any atom is 0.328 e. The van der Waals surface area contributed by atoms with Gasteiger partial charge in [-0.2, -0.15) is 0 Å². The van der Waals surface area contributed by atoms with Gasteiger partial charge in [-0.15, -0.1) is 0 Å². The number of epoxide rings is 2. The quantitative estimate of drug-likeness (QED) is 0.0151. The molecule has 0 radical (unpaired) electrons. The van der Waals surface area contributed by atoms with Crippen molar-refractivity contribution in [2.75, 3.05) is 27.3 Å². The fourth-order valence-electron chi connectivity index (χ4n) is 12.4. The average Bonchev–Trinajstić information content (AvgIpc) is 1.62. The number of hydrogen-bond acceptors (Lipinski definition) is 16. The van der Waals surface area contributed by atoms with E-state index < -0.39 is 88.7 Å². The number of carbonyl (C=O) groups is 8. The number of esters is 2. The molecule has 8 N–H and O–H groups in total. The predicted molar refractivity (Wildman–Crippen MR) is 397 cm³/mol. The van der Waals surface area contributed by atoms with Gasteiger partial charge in [-0.25, -0.2) is 9.59 Å². The molecule has 4 aliphatic rings. The van der Waals surface area contributed by atoms with Crippen LogP contribution in [0.3, 0.4) is 0 Å². The number of halogens is 2. The van der Waals surface area contributed by atoms with E-state index in [-0.39, 0.29) is 98.3 Å². The van der Waals surface area contributed by atoms with Crippen LogP contribution in [0.1, 0.15) is 167 Å². The van der Waals surface area contributed by atoms with Crippen molar-refractivity contribution in [2.45, 2.75) is 208 Å². The van der Waals surface area contributed by atoms with Gasteiger partial charge in [0, 0.05) is 62.1 Å². The van der Waals surface area contributed by atoms with Crippen molar-refractivity contribution in [2.24, 2.45) is 44.3 Å². The summed E-state index contributed by atoms with van der Waals surface area (Å²) in [6, 6.07) is 21.9. The minimum Gasteiger partial charge on any atom is -0.495 e. The molecule has 0 saturated carbocycles. The molecular weight excluding hydrogens is 1370 g/mol. The summed E-state index contributed by atoms with van der Waals surface area (Å²) in [6.07, 6.45) is 5.60. The topological polar surface area (TPSA) is 346 Å². The van der Waals surface area contributed by atoms with Crippen LogP contribution in [-0.2, 0) is 83.2 Å². The first-order valence-electron chi connectivity index (χ1n) is 35.5. The van der Waals surface area contributed by atoms with Gasteiger partial charge in [0.25, 0.3) is 0 Å². The molecule has 2 saturated heterocycles. The van der Waals surface area contributed by atoms with Gasteiger partial charge in [0.2, 0.25) is 35.4 Å². The number of amides is 6. The Kier molecular flexibility index (Phi) is 29.4. The molecule has 2 unspecified atom stereocenters. The zero-order valence-electron chi connectivity index (χ0n) is 62.2. The molecule has 8 rings (SSSR count). The minimum absolute atomic E-state index is 0.0244. The summed E-state index contributed by atoms with van der Waals surface area (Å²) < 4.78 is 35.1. The Bertz CT molecular complexity index is 3800. The van der Waals surface area contributed by atoms with Crippen molar-refractivity contribution in [1.82, 2.24) is 31.9 Å². The Labute approximate surface area is 620 Å². The maximum atomic E-state index is 14.0. The third-order valence-corrected chi connectivity index (χ3v) is 20.2. The number of benzene rings is 4. The van der Waals surface area contributed by atoms with Gasteiger partial charge in [-0.1, -0.05) is 170 Å².